The van der Waals surface area contributed by atoms with Crippen molar-refractivity contribution >= 4 is 0 Å². The molecule has 2 saturated heterocycles. The molecule has 0 amide bonds. The van der Waals surface area contributed by atoms with E-state index in [0.29, 0.717) is 11.5 Å². The highest BCUT2D eigenvalue weighted by Gasteiger charge is 2.57. The first-order valence-corrected chi connectivity index (χ1v) is 7.16. The second-order valence-corrected chi connectivity index (χ2v) is 5.57. The Balaban J connectivity index is 0.000000686. The van der Waals surface area contributed by atoms with Gasteiger partial charge in [-0.2, -0.15) is 0 Å². The van der Waals surface area contributed by atoms with Crippen LogP contribution in [0.1, 0.15) is 47.5 Å². The van der Waals surface area contributed by atoms with Crippen molar-refractivity contribution in [1.82, 2.24) is 9.80 Å². The number of nitrogens with zero attached hydrogens (tertiary/aromatic N) is 2. The summed E-state index contributed by atoms with van der Waals surface area (Å²) in [7, 11) is 2.17. The number of fused-ring (bicyclic) bond motifs is 1. The van der Waals surface area contributed by atoms with Crippen LogP contribution in [-0.2, 0) is 0 Å². The highest BCUT2D eigenvalue weighted by molar-refractivity contribution is 5.23. The molecule has 3 fully saturated rings. The zero-order valence-corrected chi connectivity index (χ0v) is 12.6. The van der Waals surface area contributed by atoms with Crippen molar-refractivity contribution < 1.29 is 0 Å². The average molecular weight is 238 g/mol. The summed E-state index contributed by atoms with van der Waals surface area (Å²) in [6.07, 6.45) is 2.68. The molecule has 1 aliphatic carbocycles. The summed E-state index contributed by atoms with van der Waals surface area (Å²) >= 11 is 0. The maximum Gasteiger partial charge on any atom is 0.0253 e. The van der Waals surface area contributed by atoms with Crippen molar-refractivity contribution in [2.45, 2.75) is 59.5 Å². The first kappa shape index (κ1) is 14.6. The molecule has 0 aromatic carbocycles. The lowest BCUT2D eigenvalue weighted by Gasteiger charge is -2.42. The van der Waals surface area contributed by atoms with E-state index >= 15 is 0 Å². The molecule has 17 heavy (non-hydrogen) atoms. The Morgan fingerprint density at radius 3 is 2.29 bits per heavy atom. The van der Waals surface area contributed by atoms with Crippen LogP contribution >= 0.6 is 0 Å². The Morgan fingerprint density at radius 2 is 1.94 bits per heavy atom. The minimum absolute atomic E-state index is 0.430. The van der Waals surface area contributed by atoms with Crippen molar-refractivity contribution in [1.29, 1.82) is 0 Å². The summed E-state index contributed by atoms with van der Waals surface area (Å²) in [6, 6.07) is 1.53. The molecule has 2 bridgehead atoms. The van der Waals surface area contributed by atoms with Crippen molar-refractivity contribution in [3.8, 4) is 0 Å². The average Bonchev–Trinajstić information content (AvgIpc) is 2.85. The molecule has 0 N–H and O–H groups in total. The quantitative estimate of drug-likeness (QED) is 0.741. The van der Waals surface area contributed by atoms with Gasteiger partial charge < -0.3 is 4.90 Å². The van der Waals surface area contributed by atoms with Gasteiger partial charge in [0.2, 0.25) is 0 Å². The molecule has 2 nitrogen and oxygen atoms in total. The second kappa shape index (κ2) is 5.43. The van der Waals surface area contributed by atoms with E-state index in [4.69, 9.17) is 0 Å². The lowest BCUT2D eigenvalue weighted by molar-refractivity contribution is 0.164. The van der Waals surface area contributed by atoms with Crippen LogP contribution in [-0.4, -0.2) is 42.0 Å². The molecule has 3 rings (SSSR count). The molecule has 1 saturated carbocycles. The topological polar surface area (TPSA) is 6.48 Å². The second-order valence-electron chi connectivity index (χ2n) is 5.57. The van der Waals surface area contributed by atoms with Crippen LogP contribution in [0, 0.1) is 5.41 Å². The summed E-state index contributed by atoms with van der Waals surface area (Å²) in [4.78, 5) is 4.97. The van der Waals surface area contributed by atoms with E-state index in [2.05, 4.69) is 44.2 Å². The smallest absolute Gasteiger partial charge is 0.0253 e. The Morgan fingerprint density at radius 1 is 1.41 bits per heavy atom. The molecule has 2 heterocycles. The van der Waals surface area contributed by atoms with Gasteiger partial charge in [-0.15, -0.1) is 0 Å². The molecule has 0 unspecified atom stereocenters. The molecule has 0 atom stereocenters. The minimum Gasteiger partial charge on any atom is -0.378 e. The molecule has 100 valence electrons. The third-order valence-corrected chi connectivity index (χ3v) is 4.42. The predicted octanol–water partition coefficient (Wildman–Crippen LogP) is 3.35. The molecule has 0 aromatic rings. The largest absolute Gasteiger partial charge is 0.378 e. The van der Waals surface area contributed by atoms with E-state index in [1.807, 2.05) is 13.8 Å². The molecule has 3 aliphatic rings. The zero-order valence-electron chi connectivity index (χ0n) is 12.6. The minimum atomic E-state index is 0.430. The van der Waals surface area contributed by atoms with E-state index in [0.717, 1.165) is 12.6 Å². The van der Waals surface area contributed by atoms with Crippen LogP contribution in [0.25, 0.3) is 0 Å². The van der Waals surface area contributed by atoms with Gasteiger partial charge in [0.05, 0.1) is 0 Å². The van der Waals surface area contributed by atoms with Gasteiger partial charge in [0.25, 0.3) is 0 Å². The van der Waals surface area contributed by atoms with E-state index in [9.17, 15) is 0 Å². The fourth-order valence-corrected chi connectivity index (χ4v) is 3.21. The van der Waals surface area contributed by atoms with Crippen LogP contribution < -0.4 is 0 Å². The van der Waals surface area contributed by atoms with Crippen LogP contribution in [0.15, 0.2) is 12.3 Å². The third-order valence-electron chi connectivity index (χ3n) is 4.42. The maximum absolute atomic E-state index is 4.31. The fraction of sp³-hybridized carbons (Fsp3) is 0.867. The van der Waals surface area contributed by atoms with Crippen molar-refractivity contribution in [3.05, 3.63) is 12.3 Å². The monoisotopic (exact) mass is 238 g/mol. The summed E-state index contributed by atoms with van der Waals surface area (Å²) < 4.78 is 0. The SMILES string of the molecule is C=C(N(C)CC)C12CC(C1)N(C(C)C)C2.CC. The number of hydrogen-bond donors (Lipinski definition) is 0. The van der Waals surface area contributed by atoms with Crippen molar-refractivity contribution in [2.75, 3.05) is 20.1 Å². The van der Waals surface area contributed by atoms with Crippen molar-refractivity contribution in [2.24, 2.45) is 5.41 Å². The van der Waals surface area contributed by atoms with E-state index in [-0.39, 0.29) is 0 Å². The van der Waals surface area contributed by atoms with E-state index in [1.165, 1.54) is 25.1 Å². The van der Waals surface area contributed by atoms with Gasteiger partial charge in [-0.05, 0) is 33.6 Å². The Kier molecular flexibility index (Phi) is 4.65. The molecular weight excluding hydrogens is 208 g/mol. The van der Waals surface area contributed by atoms with Crippen LogP contribution in [0.5, 0.6) is 0 Å². The van der Waals surface area contributed by atoms with Gasteiger partial charge >= 0.3 is 0 Å². The highest BCUT2D eigenvalue weighted by atomic mass is 15.3. The first-order chi connectivity index (χ1) is 8.00. The Labute approximate surface area is 108 Å². The van der Waals surface area contributed by atoms with Gasteiger partial charge in [0, 0.05) is 43.3 Å². The number of rotatable bonds is 4. The predicted molar refractivity (Wildman–Crippen MR) is 76.1 cm³/mol. The third kappa shape index (κ3) is 2.37. The van der Waals surface area contributed by atoms with Gasteiger partial charge in [0.15, 0.2) is 0 Å². The summed E-state index contributed by atoms with van der Waals surface area (Å²) in [5, 5.41) is 0. The van der Waals surface area contributed by atoms with Crippen LogP contribution in [0.3, 0.4) is 0 Å². The normalized spacial score (nSPS) is 30.6. The van der Waals surface area contributed by atoms with Crippen LogP contribution in [0.2, 0.25) is 0 Å². The molecule has 0 radical (unpaired) electrons. The molecular formula is C15H30N2. The summed E-state index contributed by atoms with van der Waals surface area (Å²) in [5.41, 5.74) is 1.80. The van der Waals surface area contributed by atoms with Crippen molar-refractivity contribution in [3.63, 3.8) is 0 Å². The standard InChI is InChI=1S/C13H24N2.C2H6/c1-6-14(5)11(4)13-7-12(8-13)15(9-13)10(2)3;1-2/h10,12H,4,6-9H2,1-3,5H3;1-2H3. The Hall–Kier alpha value is -0.500. The van der Waals surface area contributed by atoms with E-state index < -0.39 is 0 Å². The lowest BCUT2D eigenvalue weighted by Crippen LogP contribution is -2.41. The van der Waals surface area contributed by atoms with Gasteiger partial charge in [0.1, 0.15) is 0 Å². The Bertz CT molecular complexity index is 264. The summed E-state index contributed by atoms with van der Waals surface area (Å²) in [5.74, 6) is 0. The van der Waals surface area contributed by atoms with Crippen LogP contribution in [0.4, 0.5) is 0 Å². The molecule has 2 heteroatoms. The zero-order chi connectivity index (χ0) is 13.2. The number of hydrogen-bond acceptors (Lipinski definition) is 2. The first-order valence-electron chi connectivity index (χ1n) is 7.16. The highest BCUT2D eigenvalue weighted by Crippen LogP contribution is 2.56. The molecule has 0 aromatic heterocycles. The van der Waals surface area contributed by atoms with Gasteiger partial charge in [-0.1, -0.05) is 20.4 Å². The molecule has 0 spiro atoms. The molecule has 2 aliphatic heterocycles. The lowest BCUT2D eigenvalue weighted by atomic mass is 9.68. The fourth-order valence-electron chi connectivity index (χ4n) is 3.21. The summed E-state index contributed by atoms with van der Waals surface area (Å²) in [6.45, 7) is 17.4. The maximum atomic E-state index is 4.31. The van der Waals surface area contributed by atoms with E-state index in [1.54, 1.807) is 0 Å². The van der Waals surface area contributed by atoms with Gasteiger partial charge in [-0.25, -0.2) is 0 Å². The van der Waals surface area contributed by atoms with Gasteiger partial charge in [-0.3, -0.25) is 4.90 Å².